The number of aromatic nitrogens is 1. The molecular formula is C10H14N2O. The van der Waals surface area contributed by atoms with Gasteiger partial charge in [-0.1, -0.05) is 6.92 Å². The van der Waals surface area contributed by atoms with Crippen LogP contribution in [-0.4, -0.2) is 10.9 Å². The maximum atomic E-state index is 11.1. The first-order chi connectivity index (χ1) is 6.11. The molecule has 0 aliphatic carbocycles. The summed E-state index contributed by atoms with van der Waals surface area (Å²) in [6.45, 7) is 5.65. The Bertz CT molecular complexity index is 300. The third kappa shape index (κ3) is 2.86. The van der Waals surface area contributed by atoms with Crippen LogP contribution in [0.5, 0.6) is 0 Å². The molecule has 1 aromatic rings. The lowest BCUT2D eigenvalue weighted by atomic mass is 10.2. The molecule has 1 rings (SSSR count). The molecule has 0 aliphatic rings. The summed E-state index contributed by atoms with van der Waals surface area (Å²) in [7, 11) is 0. The number of aryl methyl sites for hydroxylation is 2. The van der Waals surface area contributed by atoms with Crippen molar-refractivity contribution in [1.29, 1.82) is 0 Å². The number of rotatable bonds is 2. The summed E-state index contributed by atoms with van der Waals surface area (Å²) in [6.07, 6.45) is 0.500. The van der Waals surface area contributed by atoms with E-state index >= 15 is 0 Å². The van der Waals surface area contributed by atoms with Gasteiger partial charge in [0.05, 0.1) is 0 Å². The van der Waals surface area contributed by atoms with Gasteiger partial charge in [-0.05, 0) is 26.0 Å². The van der Waals surface area contributed by atoms with E-state index in [2.05, 4.69) is 10.3 Å². The van der Waals surface area contributed by atoms with Gasteiger partial charge in [0.2, 0.25) is 5.91 Å². The second-order valence-electron chi connectivity index (χ2n) is 3.04. The molecule has 0 bridgehead atoms. The summed E-state index contributed by atoms with van der Waals surface area (Å²) in [6, 6.07) is 3.72. The summed E-state index contributed by atoms with van der Waals surface area (Å²) < 4.78 is 0. The third-order valence-electron chi connectivity index (χ3n) is 1.69. The van der Waals surface area contributed by atoms with Crippen molar-refractivity contribution < 1.29 is 4.79 Å². The van der Waals surface area contributed by atoms with Gasteiger partial charge < -0.3 is 5.32 Å². The lowest BCUT2D eigenvalue weighted by molar-refractivity contribution is -0.115. The molecule has 1 N–H and O–H groups in total. The van der Waals surface area contributed by atoms with Gasteiger partial charge in [0, 0.05) is 23.5 Å². The monoisotopic (exact) mass is 178 g/mol. The minimum atomic E-state index is 0.0324. The quantitative estimate of drug-likeness (QED) is 0.753. The van der Waals surface area contributed by atoms with E-state index in [-0.39, 0.29) is 5.91 Å². The van der Waals surface area contributed by atoms with Gasteiger partial charge in [-0.15, -0.1) is 0 Å². The Hall–Kier alpha value is -1.38. The zero-order valence-electron chi connectivity index (χ0n) is 8.22. The minimum Gasteiger partial charge on any atom is -0.326 e. The number of amides is 1. The van der Waals surface area contributed by atoms with Gasteiger partial charge in [0.15, 0.2) is 0 Å². The highest BCUT2D eigenvalue weighted by molar-refractivity contribution is 5.90. The molecule has 0 spiro atoms. The first-order valence-electron chi connectivity index (χ1n) is 4.37. The normalized spacial score (nSPS) is 9.77. The first-order valence-corrected chi connectivity index (χ1v) is 4.37. The number of nitrogens with one attached hydrogen (secondary N) is 1. The Kier molecular flexibility index (Phi) is 3.01. The second kappa shape index (κ2) is 4.03. The fourth-order valence-corrected chi connectivity index (χ4v) is 1.16. The Morgan fingerprint density at radius 1 is 1.38 bits per heavy atom. The predicted octanol–water partition coefficient (Wildman–Crippen LogP) is 2.05. The number of pyridine rings is 1. The van der Waals surface area contributed by atoms with Crippen molar-refractivity contribution in [3.63, 3.8) is 0 Å². The van der Waals surface area contributed by atoms with Crippen LogP contribution in [0, 0.1) is 13.8 Å². The summed E-state index contributed by atoms with van der Waals surface area (Å²) in [5.74, 6) is 0.0324. The SMILES string of the molecule is CCC(=O)Nc1cc(C)nc(C)c1. The Balaban J connectivity index is 2.83. The third-order valence-corrected chi connectivity index (χ3v) is 1.69. The molecule has 0 atom stereocenters. The number of hydrogen-bond donors (Lipinski definition) is 1. The maximum Gasteiger partial charge on any atom is 0.224 e. The zero-order valence-corrected chi connectivity index (χ0v) is 8.22. The molecule has 1 heterocycles. The fourth-order valence-electron chi connectivity index (χ4n) is 1.16. The average Bonchev–Trinajstić information content (AvgIpc) is 2.02. The molecule has 3 nitrogen and oxygen atoms in total. The van der Waals surface area contributed by atoms with E-state index in [9.17, 15) is 4.79 Å². The molecule has 1 aromatic heterocycles. The topological polar surface area (TPSA) is 42.0 Å². The van der Waals surface area contributed by atoms with Crippen molar-refractivity contribution in [3.05, 3.63) is 23.5 Å². The van der Waals surface area contributed by atoms with Crippen LogP contribution < -0.4 is 5.32 Å². The van der Waals surface area contributed by atoms with Gasteiger partial charge in [0.25, 0.3) is 0 Å². The van der Waals surface area contributed by atoms with Crippen LogP contribution in [0.25, 0.3) is 0 Å². The van der Waals surface area contributed by atoms with Crippen LogP contribution >= 0.6 is 0 Å². The molecule has 13 heavy (non-hydrogen) atoms. The second-order valence-corrected chi connectivity index (χ2v) is 3.04. The number of carbonyl (C=O) groups excluding carboxylic acids is 1. The first kappa shape index (κ1) is 9.71. The van der Waals surface area contributed by atoms with Crippen LogP contribution in [0.2, 0.25) is 0 Å². The van der Waals surface area contributed by atoms with Crippen molar-refractivity contribution in [2.24, 2.45) is 0 Å². The van der Waals surface area contributed by atoms with Crippen molar-refractivity contribution in [3.8, 4) is 0 Å². The summed E-state index contributed by atoms with van der Waals surface area (Å²) in [5, 5.41) is 2.79. The van der Waals surface area contributed by atoms with Crippen LogP contribution in [-0.2, 0) is 4.79 Å². The van der Waals surface area contributed by atoms with E-state index in [1.807, 2.05) is 32.9 Å². The summed E-state index contributed by atoms with van der Waals surface area (Å²) in [5.41, 5.74) is 2.68. The largest absolute Gasteiger partial charge is 0.326 e. The minimum absolute atomic E-state index is 0.0324. The van der Waals surface area contributed by atoms with E-state index in [1.165, 1.54) is 0 Å². The average molecular weight is 178 g/mol. The van der Waals surface area contributed by atoms with E-state index in [0.29, 0.717) is 6.42 Å². The Morgan fingerprint density at radius 2 is 1.92 bits per heavy atom. The Morgan fingerprint density at radius 3 is 2.38 bits per heavy atom. The highest BCUT2D eigenvalue weighted by Gasteiger charge is 2.00. The van der Waals surface area contributed by atoms with Gasteiger partial charge >= 0.3 is 0 Å². The van der Waals surface area contributed by atoms with E-state index in [1.54, 1.807) is 0 Å². The lowest BCUT2D eigenvalue weighted by Gasteiger charge is -2.05. The fraction of sp³-hybridized carbons (Fsp3) is 0.400. The van der Waals surface area contributed by atoms with Crippen molar-refractivity contribution in [2.45, 2.75) is 27.2 Å². The van der Waals surface area contributed by atoms with Crippen LogP contribution in [0.15, 0.2) is 12.1 Å². The van der Waals surface area contributed by atoms with Crippen LogP contribution in [0.4, 0.5) is 5.69 Å². The number of hydrogen-bond acceptors (Lipinski definition) is 2. The number of carbonyl (C=O) groups is 1. The molecule has 3 heteroatoms. The van der Waals surface area contributed by atoms with E-state index in [0.717, 1.165) is 17.1 Å². The van der Waals surface area contributed by atoms with Crippen molar-refractivity contribution >= 4 is 11.6 Å². The van der Waals surface area contributed by atoms with Crippen LogP contribution in [0.3, 0.4) is 0 Å². The Labute approximate surface area is 78.2 Å². The number of nitrogens with zero attached hydrogens (tertiary/aromatic N) is 1. The molecule has 0 aromatic carbocycles. The summed E-state index contributed by atoms with van der Waals surface area (Å²) in [4.78, 5) is 15.3. The maximum absolute atomic E-state index is 11.1. The van der Waals surface area contributed by atoms with Crippen LogP contribution in [0.1, 0.15) is 24.7 Å². The molecule has 70 valence electrons. The smallest absolute Gasteiger partial charge is 0.224 e. The molecule has 0 aliphatic heterocycles. The summed E-state index contributed by atoms with van der Waals surface area (Å²) >= 11 is 0. The molecule has 0 saturated carbocycles. The van der Waals surface area contributed by atoms with Gasteiger partial charge in [-0.25, -0.2) is 0 Å². The van der Waals surface area contributed by atoms with Gasteiger partial charge in [-0.3, -0.25) is 9.78 Å². The molecule has 0 unspecified atom stereocenters. The van der Waals surface area contributed by atoms with Gasteiger partial charge in [-0.2, -0.15) is 0 Å². The zero-order chi connectivity index (χ0) is 9.84. The van der Waals surface area contributed by atoms with Crippen molar-refractivity contribution in [1.82, 2.24) is 4.98 Å². The predicted molar refractivity (Wildman–Crippen MR) is 52.6 cm³/mol. The molecule has 0 saturated heterocycles. The molecular weight excluding hydrogens is 164 g/mol. The van der Waals surface area contributed by atoms with E-state index in [4.69, 9.17) is 0 Å². The highest BCUT2D eigenvalue weighted by Crippen LogP contribution is 2.10. The lowest BCUT2D eigenvalue weighted by Crippen LogP contribution is -2.09. The van der Waals surface area contributed by atoms with E-state index < -0.39 is 0 Å². The molecule has 0 radical (unpaired) electrons. The standard InChI is InChI=1S/C10H14N2O/c1-4-10(13)12-9-5-7(2)11-8(3)6-9/h5-6H,4H2,1-3H3,(H,11,12,13). The van der Waals surface area contributed by atoms with Crippen molar-refractivity contribution in [2.75, 3.05) is 5.32 Å². The number of anilines is 1. The molecule has 1 amide bonds. The highest BCUT2D eigenvalue weighted by atomic mass is 16.1. The molecule has 0 fully saturated rings. The van der Waals surface area contributed by atoms with Gasteiger partial charge in [0.1, 0.15) is 0 Å².